The van der Waals surface area contributed by atoms with E-state index in [1.807, 2.05) is 36.4 Å². The van der Waals surface area contributed by atoms with Gasteiger partial charge in [-0.05, 0) is 35.4 Å². The minimum atomic E-state index is -3.64. The van der Waals surface area contributed by atoms with Crippen LogP contribution >= 0.6 is 46.1 Å². The van der Waals surface area contributed by atoms with Crippen molar-refractivity contribution in [2.24, 2.45) is 0 Å². The minimum Gasteiger partial charge on any atom is -0.305 e. The van der Waals surface area contributed by atoms with Gasteiger partial charge in [-0.2, -0.15) is 0 Å². The lowest BCUT2D eigenvalue weighted by Crippen LogP contribution is -2.34. The molecule has 1 unspecified atom stereocenters. The van der Waals surface area contributed by atoms with E-state index >= 15 is 0 Å². The molecule has 3 rings (SSSR count). The van der Waals surface area contributed by atoms with Gasteiger partial charge in [-0.15, -0.1) is 11.3 Å². The molecule has 0 fully saturated rings. The maximum absolute atomic E-state index is 12.5. The number of sulfonamides is 1. The molecular formula is C19H17Cl3N2O2S2. The molecule has 0 aliphatic rings. The van der Waals surface area contributed by atoms with Crippen LogP contribution in [-0.4, -0.2) is 15.0 Å². The molecule has 4 nitrogen and oxygen atoms in total. The van der Waals surface area contributed by atoms with Gasteiger partial charge in [-0.1, -0.05) is 71.2 Å². The first-order chi connectivity index (χ1) is 13.3. The van der Waals surface area contributed by atoms with Crippen LogP contribution in [0.25, 0.3) is 0 Å². The predicted octanol–water partition coefficient (Wildman–Crippen LogP) is 5.52. The topological polar surface area (TPSA) is 58.2 Å². The molecule has 0 saturated heterocycles. The Morgan fingerprint density at radius 3 is 2.36 bits per heavy atom. The molecule has 0 spiro atoms. The summed E-state index contributed by atoms with van der Waals surface area (Å²) in [5, 5.41) is 4.49. The van der Waals surface area contributed by atoms with Crippen LogP contribution in [0.4, 0.5) is 0 Å². The Morgan fingerprint density at radius 2 is 1.71 bits per heavy atom. The van der Waals surface area contributed by atoms with Crippen LogP contribution in [0.2, 0.25) is 14.4 Å². The molecule has 0 aliphatic carbocycles. The second-order valence-electron chi connectivity index (χ2n) is 5.99. The highest BCUT2D eigenvalue weighted by atomic mass is 35.5. The summed E-state index contributed by atoms with van der Waals surface area (Å²) >= 11 is 19.1. The smallest absolute Gasteiger partial charge is 0.250 e. The van der Waals surface area contributed by atoms with Gasteiger partial charge in [-0.25, -0.2) is 13.1 Å². The maximum Gasteiger partial charge on any atom is 0.250 e. The van der Waals surface area contributed by atoms with Gasteiger partial charge in [0.25, 0.3) is 0 Å². The Bertz CT molecular complexity index is 1040. The summed E-state index contributed by atoms with van der Waals surface area (Å²) in [7, 11) is -3.64. The van der Waals surface area contributed by atoms with Crippen molar-refractivity contribution in [2.45, 2.75) is 16.8 Å². The Labute approximate surface area is 183 Å². The molecule has 148 valence electrons. The van der Waals surface area contributed by atoms with Crippen LogP contribution in [0.3, 0.4) is 0 Å². The third-order valence-electron chi connectivity index (χ3n) is 4.05. The Hall–Kier alpha value is -1.12. The minimum absolute atomic E-state index is 0.174. The number of hydrogen-bond donors (Lipinski definition) is 2. The van der Waals surface area contributed by atoms with Crippen LogP contribution in [-0.2, 0) is 16.6 Å². The third-order valence-corrected chi connectivity index (χ3v) is 7.78. The van der Waals surface area contributed by atoms with Gasteiger partial charge in [-0.3, -0.25) is 0 Å². The zero-order valence-electron chi connectivity index (χ0n) is 14.5. The molecule has 28 heavy (non-hydrogen) atoms. The molecule has 0 radical (unpaired) electrons. The summed E-state index contributed by atoms with van der Waals surface area (Å²) in [6.45, 7) is 0.634. The van der Waals surface area contributed by atoms with Gasteiger partial charge in [0, 0.05) is 29.2 Å². The first-order valence-electron chi connectivity index (χ1n) is 8.32. The van der Waals surface area contributed by atoms with E-state index in [0.29, 0.717) is 20.9 Å². The molecule has 0 amide bonds. The van der Waals surface area contributed by atoms with E-state index in [1.54, 1.807) is 18.2 Å². The average Bonchev–Trinajstić information content (AvgIpc) is 3.11. The highest BCUT2D eigenvalue weighted by Gasteiger charge is 2.20. The fourth-order valence-corrected chi connectivity index (χ4v) is 5.65. The fraction of sp³-hybridized carbons (Fsp3) is 0.158. The summed E-state index contributed by atoms with van der Waals surface area (Å²) < 4.78 is 28.3. The lowest BCUT2D eigenvalue weighted by atomic mass is 10.1. The highest BCUT2D eigenvalue weighted by molar-refractivity contribution is 7.91. The largest absolute Gasteiger partial charge is 0.305 e. The summed E-state index contributed by atoms with van der Waals surface area (Å²) in [5.74, 6) is 0. The van der Waals surface area contributed by atoms with Gasteiger partial charge >= 0.3 is 0 Å². The van der Waals surface area contributed by atoms with E-state index in [-0.39, 0.29) is 16.8 Å². The van der Waals surface area contributed by atoms with Crippen molar-refractivity contribution in [2.75, 3.05) is 6.54 Å². The van der Waals surface area contributed by atoms with Crippen molar-refractivity contribution in [1.29, 1.82) is 0 Å². The lowest BCUT2D eigenvalue weighted by molar-refractivity contribution is 0.513. The standard InChI is InChI=1S/C19H17Cl3N2O2S2/c20-15-7-6-14(16(21)10-15)11-23-17(13-4-2-1-3-5-13)12-24-28(25,26)19-9-8-18(22)27-19/h1-10,17,23-24H,11-12H2. The number of nitrogens with one attached hydrogen (secondary N) is 2. The summed E-state index contributed by atoms with van der Waals surface area (Å²) in [5.41, 5.74) is 1.83. The van der Waals surface area contributed by atoms with Crippen molar-refractivity contribution in [1.82, 2.24) is 10.0 Å². The molecule has 2 N–H and O–H groups in total. The molecule has 2 aromatic carbocycles. The van der Waals surface area contributed by atoms with Crippen molar-refractivity contribution >= 4 is 56.2 Å². The van der Waals surface area contributed by atoms with Gasteiger partial charge in [0.05, 0.1) is 4.34 Å². The molecule has 0 saturated carbocycles. The molecule has 1 heterocycles. The Morgan fingerprint density at radius 1 is 0.964 bits per heavy atom. The lowest BCUT2D eigenvalue weighted by Gasteiger charge is -2.20. The van der Waals surface area contributed by atoms with Gasteiger partial charge in [0.15, 0.2) is 0 Å². The Kier molecular flexibility index (Phi) is 7.39. The van der Waals surface area contributed by atoms with E-state index in [2.05, 4.69) is 10.0 Å². The predicted molar refractivity (Wildman–Crippen MR) is 117 cm³/mol. The van der Waals surface area contributed by atoms with E-state index in [1.165, 1.54) is 6.07 Å². The van der Waals surface area contributed by atoms with Crippen molar-refractivity contribution in [3.05, 3.63) is 86.2 Å². The average molecular weight is 476 g/mol. The third kappa shape index (κ3) is 5.70. The maximum atomic E-state index is 12.5. The van der Waals surface area contributed by atoms with Crippen LogP contribution in [0.1, 0.15) is 17.2 Å². The SMILES string of the molecule is O=S(=O)(NCC(NCc1ccc(Cl)cc1Cl)c1ccccc1)c1ccc(Cl)s1. The fourth-order valence-electron chi connectivity index (χ4n) is 2.60. The van der Waals surface area contributed by atoms with Crippen LogP contribution in [0.15, 0.2) is 64.9 Å². The number of rotatable bonds is 8. The molecule has 0 aliphatic heterocycles. The van der Waals surface area contributed by atoms with Gasteiger partial charge in [0.2, 0.25) is 10.0 Å². The summed E-state index contributed by atoms with van der Waals surface area (Å²) in [4.78, 5) is 0. The molecule has 1 atom stereocenters. The number of benzene rings is 2. The first-order valence-corrected chi connectivity index (χ1v) is 11.8. The number of halogens is 3. The molecule has 9 heteroatoms. The van der Waals surface area contributed by atoms with Crippen LogP contribution in [0.5, 0.6) is 0 Å². The van der Waals surface area contributed by atoms with Gasteiger partial charge in [0.1, 0.15) is 4.21 Å². The monoisotopic (exact) mass is 474 g/mol. The van der Waals surface area contributed by atoms with E-state index in [9.17, 15) is 8.42 Å². The normalized spacial score (nSPS) is 12.8. The number of hydrogen-bond acceptors (Lipinski definition) is 4. The van der Waals surface area contributed by atoms with Crippen LogP contribution in [0, 0.1) is 0 Å². The van der Waals surface area contributed by atoms with Crippen molar-refractivity contribution < 1.29 is 8.42 Å². The second-order valence-corrected chi connectivity index (χ2v) is 10.5. The van der Waals surface area contributed by atoms with E-state index in [4.69, 9.17) is 34.8 Å². The van der Waals surface area contributed by atoms with E-state index < -0.39 is 10.0 Å². The van der Waals surface area contributed by atoms with E-state index in [0.717, 1.165) is 22.5 Å². The molecular weight excluding hydrogens is 459 g/mol. The van der Waals surface area contributed by atoms with Crippen molar-refractivity contribution in [3.63, 3.8) is 0 Å². The molecule has 0 bridgehead atoms. The molecule has 1 aromatic heterocycles. The van der Waals surface area contributed by atoms with Crippen LogP contribution < -0.4 is 10.0 Å². The number of thiophene rings is 1. The van der Waals surface area contributed by atoms with Gasteiger partial charge < -0.3 is 5.32 Å². The zero-order chi connectivity index (χ0) is 20.1. The van der Waals surface area contributed by atoms with Crippen molar-refractivity contribution in [3.8, 4) is 0 Å². The summed E-state index contributed by atoms with van der Waals surface area (Å²) in [6.07, 6.45) is 0. The quantitative estimate of drug-likeness (QED) is 0.451. The molecule has 3 aromatic rings. The summed E-state index contributed by atoms with van der Waals surface area (Å²) in [6, 6.07) is 17.7. The zero-order valence-corrected chi connectivity index (χ0v) is 18.4. The highest BCUT2D eigenvalue weighted by Crippen LogP contribution is 2.26. The Balaban J connectivity index is 1.74. The second kappa shape index (κ2) is 9.59. The first kappa shape index (κ1) is 21.6.